The molecule has 2 N–H and O–H groups in total. The number of carboxylic acid groups (broad SMARTS) is 1. The lowest BCUT2D eigenvalue weighted by molar-refractivity contribution is -0.141. The monoisotopic (exact) mass is 252 g/mol. The van der Waals surface area contributed by atoms with E-state index in [1.165, 1.54) is 16.9 Å². The molecule has 2 amide bonds. The van der Waals surface area contributed by atoms with Gasteiger partial charge in [0, 0.05) is 13.1 Å². The first-order valence-corrected chi connectivity index (χ1v) is 6.63. The van der Waals surface area contributed by atoms with Gasteiger partial charge < -0.3 is 15.3 Å². The number of nitrogens with one attached hydrogen (secondary N) is 1. The van der Waals surface area contributed by atoms with Gasteiger partial charge in [-0.05, 0) is 38.5 Å². The van der Waals surface area contributed by atoms with Crippen LogP contribution in [0.3, 0.4) is 0 Å². The van der Waals surface area contributed by atoms with Crippen LogP contribution in [-0.4, -0.2) is 41.1 Å². The topological polar surface area (TPSA) is 69.6 Å². The van der Waals surface area contributed by atoms with Crippen molar-refractivity contribution in [3.8, 4) is 0 Å². The number of hydrogen-bond donors (Lipinski definition) is 2. The maximum absolute atomic E-state index is 11.9. The number of carbonyl (C=O) groups is 2. The summed E-state index contributed by atoms with van der Waals surface area (Å²) in [6.07, 6.45) is 7.97. The Morgan fingerprint density at radius 3 is 2.94 bits per heavy atom. The Labute approximate surface area is 107 Å². The number of amides is 2. The highest BCUT2D eigenvalue weighted by Crippen LogP contribution is 2.20. The lowest BCUT2D eigenvalue weighted by atomic mass is 10.2. The number of carbonyl (C=O) groups excluding carboxylic acids is 1. The Morgan fingerprint density at radius 2 is 2.28 bits per heavy atom. The van der Waals surface area contributed by atoms with Gasteiger partial charge in [-0.25, -0.2) is 9.59 Å². The van der Waals surface area contributed by atoms with Crippen LogP contribution in [-0.2, 0) is 4.79 Å². The van der Waals surface area contributed by atoms with Crippen LogP contribution in [0, 0.1) is 0 Å². The molecule has 0 aromatic heterocycles. The van der Waals surface area contributed by atoms with E-state index < -0.39 is 12.0 Å². The molecule has 2 rings (SSSR count). The molecule has 1 aliphatic heterocycles. The van der Waals surface area contributed by atoms with Gasteiger partial charge in [-0.2, -0.15) is 0 Å². The number of rotatable bonds is 4. The van der Waals surface area contributed by atoms with Crippen LogP contribution in [0.15, 0.2) is 11.6 Å². The van der Waals surface area contributed by atoms with Gasteiger partial charge >= 0.3 is 12.0 Å². The average Bonchev–Trinajstić information content (AvgIpc) is 2.99. The van der Waals surface area contributed by atoms with E-state index in [2.05, 4.69) is 11.4 Å². The minimum atomic E-state index is -0.902. The van der Waals surface area contributed by atoms with E-state index in [4.69, 9.17) is 5.11 Å². The molecule has 18 heavy (non-hydrogen) atoms. The minimum Gasteiger partial charge on any atom is -0.480 e. The molecule has 0 aromatic carbocycles. The standard InChI is InChI=1S/C13H20N2O3/c16-12(17)11-6-3-9-15(11)13(18)14-8-7-10-4-1-2-5-10/h4,11H,1-3,5-9H2,(H,14,18)(H,16,17)/t11-/m1/s1. The van der Waals surface area contributed by atoms with Crippen molar-refractivity contribution in [1.82, 2.24) is 10.2 Å². The summed E-state index contributed by atoms with van der Waals surface area (Å²) in [6, 6.07) is -0.880. The molecule has 1 heterocycles. The molecule has 0 spiro atoms. The maximum Gasteiger partial charge on any atom is 0.326 e. The van der Waals surface area contributed by atoms with Crippen LogP contribution in [0.5, 0.6) is 0 Å². The van der Waals surface area contributed by atoms with Gasteiger partial charge in [0.25, 0.3) is 0 Å². The fourth-order valence-electron chi connectivity index (χ4n) is 2.66. The highest BCUT2D eigenvalue weighted by Gasteiger charge is 2.33. The molecule has 0 bridgehead atoms. The Balaban J connectivity index is 1.75. The lowest BCUT2D eigenvalue weighted by Crippen LogP contribution is -2.46. The highest BCUT2D eigenvalue weighted by atomic mass is 16.4. The molecule has 1 fully saturated rings. The molecule has 100 valence electrons. The summed E-state index contributed by atoms with van der Waals surface area (Å²) in [6.45, 7) is 1.15. The molecule has 0 radical (unpaired) electrons. The van der Waals surface area contributed by atoms with Crippen LogP contribution in [0.4, 0.5) is 4.79 Å². The van der Waals surface area contributed by atoms with Crippen molar-refractivity contribution in [2.75, 3.05) is 13.1 Å². The summed E-state index contributed by atoms with van der Waals surface area (Å²) in [5.41, 5.74) is 1.41. The maximum atomic E-state index is 11.9. The summed E-state index contributed by atoms with van der Waals surface area (Å²) in [4.78, 5) is 24.3. The molecule has 0 saturated carbocycles. The number of likely N-dealkylation sites (tertiary alicyclic amines) is 1. The zero-order valence-corrected chi connectivity index (χ0v) is 10.5. The number of nitrogens with zero attached hydrogens (tertiary/aromatic N) is 1. The third-order valence-corrected chi connectivity index (χ3v) is 3.66. The summed E-state index contributed by atoms with van der Waals surface area (Å²) < 4.78 is 0. The van der Waals surface area contributed by atoms with Crippen molar-refractivity contribution in [2.45, 2.75) is 44.6 Å². The summed E-state index contributed by atoms with van der Waals surface area (Å²) in [5, 5.41) is 11.8. The summed E-state index contributed by atoms with van der Waals surface area (Å²) in [7, 11) is 0. The van der Waals surface area contributed by atoms with E-state index in [9.17, 15) is 9.59 Å². The first-order chi connectivity index (χ1) is 8.68. The number of aliphatic carboxylic acids is 1. The Morgan fingerprint density at radius 1 is 1.44 bits per heavy atom. The van der Waals surface area contributed by atoms with Gasteiger partial charge in [-0.15, -0.1) is 0 Å². The molecule has 1 saturated heterocycles. The van der Waals surface area contributed by atoms with Crippen LogP contribution < -0.4 is 5.32 Å². The van der Waals surface area contributed by atoms with Crippen molar-refractivity contribution in [2.24, 2.45) is 0 Å². The second kappa shape index (κ2) is 5.89. The van der Waals surface area contributed by atoms with E-state index in [1.54, 1.807) is 0 Å². The third-order valence-electron chi connectivity index (χ3n) is 3.66. The van der Waals surface area contributed by atoms with Crippen molar-refractivity contribution >= 4 is 12.0 Å². The summed E-state index contributed by atoms with van der Waals surface area (Å²) in [5.74, 6) is -0.902. The predicted octanol–water partition coefficient (Wildman–Crippen LogP) is 1.75. The smallest absolute Gasteiger partial charge is 0.326 e. The number of carboxylic acids is 1. The Bertz CT molecular complexity index is 365. The largest absolute Gasteiger partial charge is 0.480 e. The summed E-state index contributed by atoms with van der Waals surface area (Å²) >= 11 is 0. The van der Waals surface area contributed by atoms with Crippen LogP contribution >= 0.6 is 0 Å². The zero-order valence-electron chi connectivity index (χ0n) is 10.5. The zero-order chi connectivity index (χ0) is 13.0. The van der Waals surface area contributed by atoms with Gasteiger partial charge in [-0.3, -0.25) is 0 Å². The molecular formula is C13H20N2O3. The second-order valence-electron chi connectivity index (χ2n) is 4.93. The fraction of sp³-hybridized carbons (Fsp3) is 0.692. The third kappa shape index (κ3) is 3.03. The van der Waals surface area contributed by atoms with Crippen molar-refractivity contribution in [3.05, 3.63) is 11.6 Å². The Kier molecular flexibility index (Phi) is 4.23. The predicted molar refractivity (Wildman–Crippen MR) is 67.3 cm³/mol. The van der Waals surface area contributed by atoms with Gasteiger partial charge in [0.05, 0.1) is 0 Å². The van der Waals surface area contributed by atoms with Crippen molar-refractivity contribution in [3.63, 3.8) is 0 Å². The van der Waals surface area contributed by atoms with E-state index in [0.29, 0.717) is 19.5 Å². The quantitative estimate of drug-likeness (QED) is 0.749. The molecule has 2 aliphatic rings. The van der Waals surface area contributed by atoms with Gasteiger partial charge in [-0.1, -0.05) is 11.6 Å². The SMILES string of the molecule is O=C(O)[C@H]1CCCN1C(=O)NCCC1=CCCC1. The molecule has 5 nitrogen and oxygen atoms in total. The molecular weight excluding hydrogens is 232 g/mol. The number of urea groups is 1. The van der Waals surface area contributed by atoms with Crippen LogP contribution in [0.2, 0.25) is 0 Å². The van der Waals surface area contributed by atoms with Crippen LogP contribution in [0.25, 0.3) is 0 Å². The number of allylic oxidation sites excluding steroid dienone is 1. The number of hydrogen-bond acceptors (Lipinski definition) is 2. The second-order valence-corrected chi connectivity index (χ2v) is 4.93. The lowest BCUT2D eigenvalue weighted by Gasteiger charge is -2.21. The molecule has 0 aromatic rings. The first kappa shape index (κ1) is 12.9. The van der Waals surface area contributed by atoms with Crippen molar-refractivity contribution in [1.29, 1.82) is 0 Å². The van der Waals surface area contributed by atoms with Gasteiger partial charge in [0.15, 0.2) is 0 Å². The van der Waals surface area contributed by atoms with Crippen LogP contribution in [0.1, 0.15) is 38.5 Å². The molecule has 1 atom stereocenters. The molecule has 1 aliphatic carbocycles. The fourth-order valence-corrected chi connectivity index (χ4v) is 2.66. The van der Waals surface area contributed by atoms with Crippen molar-refractivity contribution < 1.29 is 14.7 Å². The van der Waals surface area contributed by atoms with E-state index in [1.807, 2.05) is 0 Å². The normalized spacial score (nSPS) is 23.0. The average molecular weight is 252 g/mol. The van der Waals surface area contributed by atoms with E-state index in [-0.39, 0.29) is 6.03 Å². The Hall–Kier alpha value is -1.52. The molecule has 0 unspecified atom stereocenters. The van der Waals surface area contributed by atoms with Gasteiger partial charge in [0.1, 0.15) is 6.04 Å². The highest BCUT2D eigenvalue weighted by molar-refractivity contribution is 5.83. The van der Waals surface area contributed by atoms with E-state index in [0.717, 1.165) is 25.7 Å². The van der Waals surface area contributed by atoms with Gasteiger partial charge in [0.2, 0.25) is 0 Å². The molecule has 5 heteroatoms. The first-order valence-electron chi connectivity index (χ1n) is 6.63. The minimum absolute atomic E-state index is 0.238. The van der Waals surface area contributed by atoms with E-state index >= 15 is 0 Å².